The molecule has 33 heavy (non-hydrogen) atoms. The minimum Gasteiger partial charge on any atom is -0.487 e. The van der Waals surface area contributed by atoms with Crippen LogP contribution in [-0.2, 0) is 17.9 Å². The molecule has 168 valence electrons. The molecule has 0 aromatic heterocycles. The van der Waals surface area contributed by atoms with Crippen molar-refractivity contribution in [3.63, 3.8) is 0 Å². The van der Waals surface area contributed by atoms with Gasteiger partial charge in [-0.05, 0) is 85.8 Å². The molecule has 3 aromatic carbocycles. The Balaban J connectivity index is 1.49. The molecule has 0 atom stereocenters. The van der Waals surface area contributed by atoms with Crippen LogP contribution in [0.5, 0.6) is 5.75 Å². The fourth-order valence-corrected chi connectivity index (χ4v) is 4.87. The molecule has 1 aliphatic heterocycles. The first-order valence-electron chi connectivity index (χ1n) is 10.1. The Morgan fingerprint density at radius 1 is 0.970 bits per heavy atom. The number of aryl methyl sites for hydroxylation is 1. The molecule has 0 unspecified atom stereocenters. The van der Waals surface area contributed by atoms with Crippen LogP contribution in [0.25, 0.3) is 6.08 Å². The molecule has 3 aromatic rings. The van der Waals surface area contributed by atoms with E-state index < -0.39 is 6.03 Å². The van der Waals surface area contributed by atoms with Crippen molar-refractivity contribution in [2.75, 3.05) is 0 Å². The number of hydrogen-bond donors (Lipinski definition) is 1. The fraction of sp³-hybridized carbons (Fsp3) is 0.120. The van der Waals surface area contributed by atoms with Crippen molar-refractivity contribution >= 4 is 61.5 Å². The van der Waals surface area contributed by atoms with Gasteiger partial charge in [-0.2, -0.15) is 0 Å². The standard InChI is InChI=1S/C25H19Br2ClN2O3/c1-15-2-4-16(5-3-15)13-30-24(31)22(29-25(30)32)12-18-10-20(26)23(21(27)11-18)33-14-17-6-8-19(28)9-7-17/h2-12H,13-14H2,1H3,(H,29,32)/b22-12+. The highest BCUT2D eigenvalue weighted by molar-refractivity contribution is 9.11. The van der Waals surface area contributed by atoms with Crippen LogP contribution in [0.4, 0.5) is 4.79 Å². The van der Waals surface area contributed by atoms with Crippen molar-refractivity contribution in [1.29, 1.82) is 0 Å². The van der Waals surface area contributed by atoms with Gasteiger partial charge in [-0.25, -0.2) is 4.79 Å². The summed E-state index contributed by atoms with van der Waals surface area (Å²) in [6.45, 7) is 2.58. The van der Waals surface area contributed by atoms with Crippen molar-refractivity contribution in [3.05, 3.63) is 103 Å². The van der Waals surface area contributed by atoms with E-state index in [9.17, 15) is 9.59 Å². The van der Waals surface area contributed by atoms with Gasteiger partial charge in [-0.1, -0.05) is 53.6 Å². The number of ether oxygens (including phenoxy) is 1. The van der Waals surface area contributed by atoms with Gasteiger partial charge in [0.15, 0.2) is 0 Å². The lowest BCUT2D eigenvalue weighted by atomic mass is 10.1. The number of halogens is 3. The summed E-state index contributed by atoms with van der Waals surface area (Å²) < 4.78 is 7.37. The maximum Gasteiger partial charge on any atom is 0.329 e. The highest BCUT2D eigenvalue weighted by Gasteiger charge is 2.33. The minimum atomic E-state index is -0.437. The van der Waals surface area contributed by atoms with E-state index in [4.69, 9.17) is 16.3 Å². The highest BCUT2D eigenvalue weighted by atomic mass is 79.9. The average molecular weight is 591 g/mol. The Morgan fingerprint density at radius 2 is 1.58 bits per heavy atom. The summed E-state index contributed by atoms with van der Waals surface area (Å²) >= 11 is 13.0. The predicted molar refractivity (Wildman–Crippen MR) is 136 cm³/mol. The van der Waals surface area contributed by atoms with E-state index in [1.165, 1.54) is 4.90 Å². The van der Waals surface area contributed by atoms with E-state index in [0.717, 1.165) is 22.3 Å². The number of hydrogen-bond acceptors (Lipinski definition) is 3. The Morgan fingerprint density at radius 3 is 2.21 bits per heavy atom. The highest BCUT2D eigenvalue weighted by Crippen LogP contribution is 2.36. The largest absolute Gasteiger partial charge is 0.487 e. The van der Waals surface area contributed by atoms with Gasteiger partial charge in [0.25, 0.3) is 5.91 Å². The SMILES string of the molecule is Cc1ccc(CN2C(=O)N/C(=C/c3cc(Br)c(OCc4ccc(Cl)cc4)c(Br)c3)C2=O)cc1. The number of imide groups is 1. The summed E-state index contributed by atoms with van der Waals surface area (Å²) in [5, 5.41) is 3.34. The van der Waals surface area contributed by atoms with Crippen LogP contribution in [0.1, 0.15) is 22.3 Å². The third kappa shape index (κ3) is 5.66. The molecule has 0 bridgehead atoms. The smallest absolute Gasteiger partial charge is 0.329 e. The van der Waals surface area contributed by atoms with E-state index in [-0.39, 0.29) is 18.1 Å². The summed E-state index contributed by atoms with van der Waals surface area (Å²) in [6.07, 6.45) is 1.65. The monoisotopic (exact) mass is 588 g/mol. The second kappa shape index (κ2) is 10.1. The molecule has 0 saturated carbocycles. The zero-order valence-corrected chi connectivity index (χ0v) is 21.5. The van der Waals surface area contributed by atoms with Crippen LogP contribution in [0, 0.1) is 6.92 Å². The van der Waals surface area contributed by atoms with Crippen LogP contribution < -0.4 is 10.1 Å². The van der Waals surface area contributed by atoms with Gasteiger partial charge < -0.3 is 10.1 Å². The Bertz CT molecular complexity index is 1220. The first-order chi connectivity index (χ1) is 15.8. The van der Waals surface area contributed by atoms with Gasteiger partial charge >= 0.3 is 6.03 Å². The van der Waals surface area contributed by atoms with Gasteiger partial charge in [-0.15, -0.1) is 0 Å². The van der Waals surface area contributed by atoms with Crippen molar-refractivity contribution in [1.82, 2.24) is 10.2 Å². The molecule has 1 N–H and O–H groups in total. The van der Waals surface area contributed by atoms with Crippen molar-refractivity contribution < 1.29 is 14.3 Å². The van der Waals surface area contributed by atoms with Gasteiger partial charge in [0.1, 0.15) is 18.1 Å². The molecule has 3 amide bonds. The van der Waals surface area contributed by atoms with Crippen molar-refractivity contribution in [3.8, 4) is 5.75 Å². The molecular formula is C25H19Br2ClN2O3. The second-order valence-electron chi connectivity index (χ2n) is 7.59. The zero-order chi connectivity index (χ0) is 23.5. The minimum absolute atomic E-state index is 0.215. The van der Waals surface area contributed by atoms with Crippen molar-refractivity contribution in [2.24, 2.45) is 0 Å². The first kappa shape index (κ1) is 23.5. The molecule has 5 nitrogen and oxygen atoms in total. The summed E-state index contributed by atoms with van der Waals surface area (Å²) in [4.78, 5) is 26.4. The first-order valence-corrected chi connectivity index (χ1v) is 12.0. The number of urea groups is 1. The summed E-state index contributed by atoms with van der Waals surface area (Å²) in [5.74, 6) is 0.269. The van der Waals surface area contributed by atoms with E-state index in [2.05, 4.69) is 37.2 Å². The quantitative estimate of drug-likeness (QED) is 0.253. The third-order valence-electron chi connectivity index (χ3n) is 5.05. The summed E-state index contributed by atoms with van der Waals surface area (Å²) in [7, 11) is 0. The maximum absolute atomic E-state index is 12.8. The Kier molecular flexibility index (Phi) is 7.22. The van der Waals surface area contributed by atoms with E-state index >= 15 is 0 Å². The molecule has 1 fully saturated rings. The summed E-state index contributed by atoms with van der Waals surface area (Å²) in [6, 6.07) is 18.4. The van der Waals surface area contributed by atoms with E-state index in [0.29, 0.717) is 26.3 Å². The normalized spacial score (nSPS) is 14.7. The average Bonchev–Trinajstić information content (AvgIpc) is 3.03. The molecule has 1 aliphatic rings. The number of carbonyl (C=O) groups excluding carboxylic acids is 2. The fourth-order valence-electron chi connectivity index (χ4n) is 3.29. The van der Waals surface area contributed by atoms with Crippen LogP contribution in [0.3, 0.4) is 0 Å². The number of amides is 3. The van der Waals surface area contributed by atoms with Crippen molar-refractivity contribution in [2.45, 2.75) is 20.1 Å². The third-order valence-corrected chi connectivity index (χ3v) is 6.48. The molecule has 1 saturated heterocycles. The second-order valence-corrected chi connectivity index (χ2v) is 9.74. The van der Waals surface area contributed by atoms with Gasteiger partial charge in [0.05, 0.1) is 15.5 Å². The van der Waals surface area contributed by atoms with Crippen LogP contribution >= 0.6 is 43.5 Å². The molecule has 8 heteroatoms. The predicted octanol–water partition coefficient (Wildman–Crippen LogP) is 6.85. The van der Waals surface area contributed by atoms with Crippen LogP contribution in [0.15, 0.2) is 75.3 Å². The number of nitrogens with zero attached hydrogens (tertiary/aromatic N) is 1. The van der Waals surface area contributed by atoms with Gasteiger partial charge in [-0.3, -0.25) is 9.69 Å². The van der Waals surface area contributed by atoms with Gasteiger partial charge in [0.2, 0.25) is 0 Å². The number of rotatable bonds is 6. The lowest BCUT2D eigenvalue weighted by Gasteiger charge is -2.12. The molecular weight excluding hydrogens is 572 g/mol. The van der Waals surface area contributed by atoms with Crippen LogP contribution in [-0.4, -0.2) is 16.8 Å². The molecule has 0 spiro atoms. The molecule has 4 rings (SSSR count). The molecule has 0 aliphatic carbocycles. The lowest BCUT2D eigenvalue weighted by molar-refractivity contribution is -0.123. The zero-order valence-electron chi connectivity index (χ0n) is 17.6. The topological polar surface area (TPSA) is 58.6 Å². The molecule has 1 heterocycles. The number of carbonyl (C=O) groups is 2. The number of benzene rings is 3. The summed E-state index contributed by atoms with van der Waals surface area (Å²) in [5.41, 5.74) is 3.94. The molecule has 0 radical (unpaired) electrons. The van der Waals surface area contributed by atoms with E-state index in [1.807, 2.05) is 67.6 Å². The number of nitrogens with one attached hydrogen (secondary N) is 1. The maximum atomic E-state index is 12.8. The van der Waals surface area contributed by atoms with Crippen LogP contribution in [0.2, 0.25) is 5.02 Å². The van der Waals surface area contributed by atoms with Gasteiger partial charge in [0, 0.05) is 5.02 Å². The van der Waals surface area contributed by atoms with E-state index in [1.54, 1.807) is 6.08 Å². The Labute approximate surface area is 213 Å². The lowest BCUT2D eigenvalue weighted by Crippen LogP contribution is -2.30. The Hall–Kier alpha value is -2.61.